The summed E-state index contributed by atoms with van der Waals surface area (Å²) in [4.78, 5) is 17.5. The number of aliphatic imine (C=N–C) groups is 1. The molecule has 2 aromatic rings. The van der Waals surface area contributed by atoms with Crippen LogP contribution in [0.25, 0.3) is 0 Å². The SMILES string of the molecule is COc1ccc(C(=O)NC(=NCC2CCCO2)Nc2ccc(C(C)C)cc2)cc1OC. The maximum Gasteiger partial charge on any atom is 0.258 e. The van der Waals surface area contributed by atoms with Crippen molar-refractivity contribution in [3.63, 3.8) is 0 Å². The number of nitrogens with zero attached hydrogens (tertiary/aromatic N) is 1. The number of hydrogen-bond donors (Lipinski definition) is 2. The minimum atomic E-state index is -0.293. The fourth-order valence-corrected chi connectivity index (χ4v) is 3.34. The quantitative estimate of drug-likeness (QED) is 0.513. The zero-order valence-corrected chi connectivity index (χ0v) is 18.6. The highest BCUT2D eigenvalue weighted by molar-refractivity contribution is 6.10. The topological polar surface area (TPSA) is 81.2 Å². The monoisotopic (exact) mass is 425 g/mol. The van der Waals surface area contributed by atoms with Gasteiger partial charge in [-0.25, -0.2) is 4.99 Å². The number of benzene rings is 2. The third-order valence-electron chi connectivity index (χ3n) is 5.19. The Morgan fingerprint density at radius 1 is 1.13 bits per heavy atom. The van der Waals surface area contributed by atoms with Gasteiger partial charge in [-0.2, -0.15) is 0 Å². The highest BCUT2D eigenvalue weighted by Gasteiger charge is 2.17. The predicted molar refractivity (Wildman–Crippen MR) is 122 cm³/mol. The van der Waals surface area contributed by atoms with Crippen molar-refractivity contribution in [2.24, 2.45) is 4.99 Å². The van der Waals surface area contributed by atoms with E-state index in [9.17, 15) is 4.79 Å². The first kappa shape index (κ1) is 22.6. The normalized spacial score (nSPS) is 16.3. The minimum Gasteiger partial charge on any atom is -0.493 e. The molecule has 0 aromatic heterocycles. The van der Waals surface area contributed by atoms with Crippen LogP contribution in [0.4, 0.5) is 5.69 Å². The van der Waals surface area contributed by atoms with E-state index in [1.165, 1.54) is 12.7 Å². The van der Waals surface area contributed by atoms with Crippen LogP contribution in [-0.4, -0.2) is 45.3 Å². The van der Waals surface area contributed by atoms with Crippen LogP contribution in [0, 0.1) is 0 Å². The maximum absolute atomic E-state index is 12.9. The third-order valence-corrected chi connectivity index (χ3v) is 5.19. The van der Waals surface area contributed by atoms with Gasteiger partial charge in [-0.05, 0) is 54.7 Å². The van der Waals surface area contributed by atoms with Crippen LogP contribution in [0.3, 0.4) is 0 Å². The van der Waals surface area contributed by atoms with Crippen LogP contribution in [0.2, 0.25) is 0 Å². The van der Waals surface area contributed by atoms with E-state index in [1.807, 2.05) is 12.1 Å². The summed E-state index contributed by atoms with van der Waals surface area (Å²) in [6.45, 7) is 5.55. The lowest BCUT2D eigenvalue weighted by molar-refractivity contribution is 0.0975. The van der Waals surface area contributed by atoms with Crippen molar-refractivity contribution < 1.29 is 19.0 Å². The van der Waals surface area contributed by atoms with Gasteiger partial charge >= 0.3 is 0 Å². The number of guanidine groups is 1. The average Bonchev–Trinajstić information content (AvgIpc) is 3.31. The summed E-state index contributed by atoms with van der Waals surface area (Å²) < 4.78 is 16.2. The van der Waals surface area contributed by atoms with Crippen molar-refractivity contribution in [3.8, 4) is 11.5 Å². The van der Waals surface area contributed by atoms with Crippen LogP contribution in [-0.2, 0) is 4.74 Å². The molecule has 1 atom stereocenters. The zero-order valence-electron chi connectivity index (χ0n) is 18.6. The first-order valence-corrected chi connectivity index (χ1v) is 10.6. The summed E-state index contributed by atoms with van der Waals surface area (Å²) in [5.74, 6) is 1.59. The second-order valence-electron chi connectivity index (χ2n) is 7.75. The molecule has 1 saturated heterocycles. The van der Waals surface area contributed by atoms with E-state index in [0.717, 1.165) is 25.1 Å². The number of carbonyl (C=O) groups is 1. The molecule has 0 aliphatic carbocycles. The lowest BCUT2D eigenvalue weighted by Crippen LogP contribution is -2.36. The van der Waals surface area contributed by atoms with Crippen LogP contribution >= 0.6 is 0 Å². The van der Waals surface area contributed by atoms with Crippen LogP contribution in [0.5, 0.6) is 11.5 Å². The van der Waals surface area contributed by atoms with Gasteiger partial charge in [0.2, 0.25) is 5.96 Å². The van der Waals surface area contributed by atoms with E-state index in [4.69, 9.17) is 14.2 Å². The molecule has 0 saturated carbocycles. The highest BCUT2D eigenvalue weighted by Crippen LogP contribution is 2.27. The molecule has 1 aliphatic rings. The fraction of sp³-hybridized carbons (Fsp3) is 0.417. The van der Waals surface area contributed by atoms with Crippen molar-refractivity contribution in [2.45, 2.75) is 38.7 Å². The van der Waals surface area contributed by atoms with Crippen LogP contribution in [0.1, 0.15) is 48.5 Å². The Kier molecular flexibility index (Phi) is 7.89. The summed E-state index contributed by atoms with van der Waals surface area (Å²) in [6, 6.07) is 13.1. The largest absolute Gasteiger partial charge is 0.493 e. The van der Waals surface area contributed by atoms with Crippen molar-refractivity contribution in [1.82, 2.24) is 5.32 Å². The summed E-state index contributed by atoms with van der Waals surface area (Å²) in [7, 11) is 3.10. The highest BCUT2D eigenvalue weighted by atomic mass is 16.5. The molecule has 0 bridgehead atoms. The van der Waals surface area contributed by atoms with Crippen molar-refractivity contribution >= 4 is 17.6 Å². The van der Waals surface area contributed by atoms with E-state index >= 15 is 0 Å². The van der Waals surface area contributed by atoms with E-state index < -0.39 is 0 Å². The molecule has 1 amide bonds. The van der Waals surface area contributed by atoms with Crippen molar-refractivity contribution in [2.75, 3.05) is 32.7 Å². The maximum atomic E-state index is 12.9. The number of methoxy groups -OCH3 is 2. The number of hydrogen-bond acceptors (Lipinski definition) is 5. The summed E-state index contributed by atoms with van der Waals surface area (Å²) in [5.41, 5.74) is 2.54. The van der Waals surface area contributed by atoms with Gasteiger partial charge in [0.1, 0.15) is 0 Å². The van der Waals surface area contributed by atoms with Gasteiger partial charge in [-0.15, -0.1) is 0 Å². The Bertz CT molecular complexity index is 904. The van der Waals surface area contributed by atoms with E-state index in [2.05, 4.69) is 41.6 Å². The number of amides is 1. The Morgan fingerprint density at radius 3 is 2.48 bits per heavy atom. The summed E-state index contributed by atoms with van der Waals surface area (Å²) in [5, 5.41) is 6.11. The smallest absolute Gasteiger partial charge is 0.258 e. The molecule has 0 spiro atoms. The van der Waals surface area contributed by atoms with Crippen LogP contribution < -0.4 is 20.1 Å². The zero-order chi connectivity index (χ0) is 22.2. The molecule has 2 aromatic carbocycles. The molecule has 31 heavy (non-hydrogen) atoms. The molecule has 7 nitrogen and oxygen atoms in total. The van der Waals surface area contributed by atoms with Gasteiger partial charge in [-0.3, -0.25) is 10.1 Å². The average molecular weight is 426 g/mol. The van der Waals surface area contributed by atoms with Gasteiger partial charge in [-0.1, -0.05) is 26.0 Å². The standard InChI is InChI=1S/C24H31N3O4/c1-16(2)17-7-10-19(11-8-17)26-24(25-15-20-6-5-13-31-20)27-23(28)18-9-12-21(29-3)22(14-18)30-4/h7-12,14,16,20H,5-6,13,15H2,1-4H3,(H2,25,26,27,28). The van der Waals surface area contributed by atoms with Crippen LogP contribution in [0.15, 0.2) is 47.5 Å². The Morgan fingerprint density at radius 2 is 1.87 bits per heavy atom. The summed E-state index contributed by atoms with van der Waals surface area (Å²) in [6.07, 6.45) is 2.10. The van der Waals surface area contributed by atoms with Gasteiger partial charge in [0.05, 0.1) is 26.9 Å². The number of rotatable bonds is 7. The molecule has 1 heterocycles. The lowest BCUT2D eigenvalue weighted by atomic mass is 10.0. The molecule has 3 rings (SSSR count). The third kappa shape index (κ3) is 6.21. The fourth-order valence-electron chi connectivity index (χ4n) is 3.34. The molecule has 0 radical (unpaired) electrons. The second kappa shape index (κ2) is 10.8. The van der Waals surface area contributed by atoms with Gasteiger partial charge < -0.3 is 19.5 Å². The molecule has 7 heteroatoms. The number of anilines is 1. The second-order valence-corrected chi connectivity index (χ2v) is 7.75. The number of nitrogens with one attached hydrogen (secondary N) is 2. The molecule has 2 N–H and O–H groups in total. The van der Waals surface area contributed by atoms with Gasteiger partial charge in [0, 0.05) is 17.9 Å². The van der Waals surface area contributed by atoms with Crippen molar-refractivity contribution in [1.29, 1.82) is 0 Å². The first-order chi connectivity index (χ1) is 15.0. The van der Waals surface area contributed by atoms with E-state index in [0.29, 0.717) is 35.5 Å². The molecule has 166 valence electrons. The summed E-state index contributed by atoms with van der Waals surface area (Å²) >= 11 is 0. The molecular weight excluding hydrogens is 394 g/mol. The Balaban J connectivity index is 1.76. The lowest BCUT2D eigenvalue weighted by Gasteiger charge is -2.15. The minimum absolute atomic E-state index is 0.0816. The van der Waals surface area contributed by atoms with Gasteiger partial charge in [0.25, 0.3) is 5.91 Å². The van der Waals surface area contributed by atoms with Crippen molar-refractivity contribution in [3.05, 3.63) is 53.6 Å². The van der Waals surface area contributed by atoms with E-state index in [1.54, 1.807) is 25.3 Å². The molecular formula is C24H31N3O4. The van der Waals surface area contributed by atoms with Gasteiger partial charge in [0.15, 0.2) is 11.5 Å². The predicted octanol–water partition coefficient (Wildman–Crippen LogP) is 4.20. The Hall–Kier alpha value is -3.06. The Labute approximate surface area is 183 Å². The first-order valence-electron chi connectivity index (χ1n) is 10.6. The van der Waals surface area contributed by atoms with E-state index in [-0.39, 0.29) is 12.0 Å². The number of ether oxygens (including phenoxy) is 3. The number of carbonyl (C=O) groups excluding carboxylic acids is 1. The molecule has 1 fully saturated rings. The molecule has 1 unspecified atom stereocenters. The molecule has 1 aliphatic heterocycles.